The molecule has 4 heteroatoms. The molecule has 0 aromatic heterocycles. The minimum atomic E-state index is -0.278. The van der Waals surface area contributed by atoms with E-state index in [-0.39, 0.29) is 35.4 Å². The Morgan fingerprint density at radius 1 is 1.05 bits per heavy atom. The second kappa shape index (κ2) is 4.74. The summed E-state index contributed by atoms with van der Waals surface area (Å²) < 4.78 is 0. The molecule has 2 amide bonds. The summed E-state index contributed by atoms with van der Waals surface area (Å²) in [6.45, 7) is 7.19. The first kappa shape index (κ1) is 13.9. The summed E-state index contributed by atoms with van der Waals surface area (Å²) in [5, 5.41) is 0. The molecule has 3 aliphatic rings. The molecule has 1 aliphatic carbocycles. The Labute approximate surface area is 121 Å². The van der Waals surface area contributed by atoms with E-state index in [9.17, 15) is 9.59 Å². The van der Waals surface area contributed by atoms with Crippen LogP contribution in [0.15, 0.2) is 0 Å². The van der Waals surface area contributed by atoms with E-state index in [2.05, 4.69) is 13.8 Å². The van der Waals surface area contributed by atoms with Crippen molar-refractivity contribution < 1.29 is 9.59 Å². The van der Waals surface area contributed by atoms with Crippen molar-refractivity contribution in [2.24, 2.45) is 5.41 Å². The molecule has 0 aromatic rings. The molecular weight excluding hydrogens is 252 g/mol. The first-order valence-electron chi connectivity index (χ1n) is 8.06. The van der Waals surface area contributed by atoms with Crippen molar-refractivity contribution in [3.05, 3.63) is 0 Å². The Kier molecular flexibility index (Phi) is 3.30. The van der Waals surface area contributed by atoms with Crippen molar-refractivity contribution >= 4 is 11.8 Å². The highest BCUT2D eigenvalue weighted by molar-refractivity contribution is 5.97. The number of amides is 2. The Hall–Kier alpha value is -1.06. The number of rotatable bonds is 1. The lowest BCUT2D eigenvalue weighted by Gasteiger charge is -2.51. The van der Waals surface area contributed by atoms with Crippen LogP contribution in [0.2, 0.25) is 0 Å². The summed E-state index contributed by atoms with van der Waals surface area (Å²) in [4.78, 5) is 29.2. The second-order valence-corrected chi connectivity index (χ2v) is 7.36. The molecule has 3 rings (SSSR count). The fourth-order valence-corrected chi connectivity index (χ4v) is 4.42. The molecule has 0 N–H and O–H groups in total. The molecule has 3 unspecified atom stereocenters. The predicted molar refractivity (Wildman–Crippen MR) is 77.1 cm³/mol. The Morgan fingerprint density at radius 2 is 1.80 bits per heavy atom. The van der Waals surface area contributed by atoms with E-state index >= 15 is 0 Å². The molecule has 3 fully saturated rings. The van der Waals surface area contributed by atoms with Crippen LogP contribution < -0.4 is 0 Å². The fourth-order valence-electron chi connectivity index (χ4n) is 4.42. The van der Waals surface area contributed by atoms with Gasteiger partial charge in [-0.25, -0.2) is 0 Å². The lowest BCUT2D eigenvalue weighted by Crippen LogP contribution is -2.66. The predicted octanol–water partition coefficient (Wildman–Crippen LogP) is 2.18. The van der Waals surface area contributed by atoms with Crippen molar-refractivity contribution in [3.8, 4) is 0 Å². The number of piperazine rings is 1. The summed E-state index contributed by atoms with van der Waals surface area (Å²) in [5.41, 5.74) is 0.128. The molecule has 1 saturated carbocycles. The maximum atomic E-state index is 12.9. The number of fused-ring (bicyclic) bond motifs is 1. The van der Waals surface area contributed by atoms with Gasteiger partial charge in [0.15, 0.2) is 0 Å². The molecule has 0 bridgehead atoms. The SMILES string of the molecule is CC1C(=O)N2CCCC2C(=O)N1C1CCCCC1(C)C. The summed E-state index contributed by atoms with van der Waals surface area (Å²) in [7, 11) is 0. The van der Waals surface area contributed by atoms with Crippen LogP contribution in [0.25, 0.3) is 0 Å². The quantitative estimate of drug-likeness (QED) is 0.737. The zero-order valence-electron chi connectivity index (χ0n) is 12.9. The topological polar surface area (TPSA) is 40.6 Å². The molecule has 0 spiro atoms. The van der Waals surface area contributed by atoms with Crippen LogP contribution >= 0.6 is 0 Å². The van der Waals surface area contributed by atoms with Gasteiger partial charge in [-0.3, -0.25) is 9.59 Å². The highest BCUT2D eigenvalue weighted by Gasteiger charge is 2.51. The van der Waals surface area contributed by atoms with Gasteiger partial charge in [-0.05, 0) is 38.0 Å². The van der Waals surface area contributed by atoms with E-state index in [1.807, 2.05) is 16.7 Å². The van der Waals surface area contributed by atoms with E-state index in [1.54, 1.807) is 0 Å². The Morgan fingerprint density at radius 3 is 2.50 bits per heavy atom. The van der Waals surface area contributed by atoms with Crippen molar-refractivity contribution in [1.29, 1.82) is 0 Å². The van der Waals surface area contributed by atoms with E-state index in [4.69, 9.17) is 0 Å². The van der Waals surface area contributed by atoms with Crippen molar-refractivity contribution in [2.75, 3.05) is 6.54 Å². The van der Waals surface area contributed by atoms with Gasteiger partial charge in [-0.15, -0.1) is 0 Å². The molecule has 2 aliphatic heterocycles. The van der Waals surface area contributed by atoms with Gasteiger partial charge in [0.1, 0.15) is 12.1 Å². The van der Waals surface area contributed by atoms with E-state index in [1.165, 1.54) is 12.8 Å². The van der Waals surface area contributed by atoms with Crippen LogP contribution in [0.5, 0.6) is 0 Å². The molecule has 0 radical (unpaired) electrons. The lowest BCUT2D eigenvalue weighted by molar-refractivity contribution is -0.165. The first-order valence-corrected chi connectivity index (χ1v) is 8.06. The van der Waals surface area contributed by atoms with Crippen LogP contribution in [0.4, 0.5) is 0 Å². The van der Waals surface area contributed by atoms with Crippen molar-refractivity contribution in [3.63, 3.8) is 0 Å². The van der Waals surface area contributed by atoms with Crippen LogP contribution in [-0.2, 0) is 9.59 Å². The van der Waals surface area contributed by atoms with Crippen LogP contribution in [-0.4, -0.2) is 46.3 Å². The third-order valence-corrected chi connectivity index (χ3v) is 5.64. The first-order chi connectivity index (χ1) is 9.43. The van der Waals surface area contributed by atoms with Gasteiger partial charge < -0.3 is 9.80 Å². The minimum Gasteiger partial charge on any atom is -0.329 e. The third-order valence-electron chi connectivity index (χ3n) is 5.64. The van der Waals surface area contributed by atoms with Gasteiger partial charge >= 0.3 is 0 Å². The van der Waals surface area contributed by atoms with Crippen LogP contribution in [0, 0.1) is 5.41 Å². The normalized spacial score (nSPS) is 37.2. The molecule has 4 nitrogen and oxygen atoms in total. The average Bonchev–Trinajstić information content (AvgIpc) is 2.87. The maximum absolute atomic E-state index is 12.9. The summed E-state index contributed by atoms with van der Waals surface area (Å²) >= 11 is 0. The molecule has 2 heterocycles. The van der Waals surface area contributed by atoms with Crippen molar-refractivity contribution in [1.82, 2.24) is 9.80 Å². The smallest absolute Gasteiger partial charge is 0.246 e. The largest absolute Gasteiger partial charge is 0.329 e. The molecule has 0 aromatic carbocycles. The van der Waals surface area contributed by atoms with Gasteiger partial charge in [0, 0.05) is 12.6 Å². The molecule has 20 heavy (non-hydrogen) atoms. The third kappa shape index (κ3) is 1.95. The second-order valence-electron chi connectivity index (χ2n) is 7.36. The highest BCUT2D eigenvalue weighted by Crippen LogP contribution is 2.41. The Balaban J connectivity index is 1.91. The summed E-state index contributed by atoms with van der Waals surface area (Å²) in [5.74, 6) is 0.364. The van der Waals surface area contributed by atoms with E-state index < -0.39 is 0 Å². The number of hydrogen-bond donors (Lipinski definition) is 0. The number of nitrogens with zero attached hydrogens (tertiary/aromatic N) is 2. The monoisotopic (exact) mass is 278 g/mol. The molecule has 3 atom stereocenters. The Bertz CT molecular complexity index is 432. The number of hydrogen-bond acceptors (Lipinski definition) is 2. The maximum Gasteiger partial charge on any atom is 0.246 e. The van der Waals surface area contributed by atoms with Crippen LogP contribution in [0.1, 0.15) is 59.3 Å². The fraction of sp³-hybridized carbons (Fsp3) is 0.875. The number of carbonyl (C=O) groups is 2. The van der Waals surface area contributed by atoms with Gasteiger partial charge in [0.2, 0.25) is 11.8 Å². The van der Waals surface area contributed by atoms with Gasteiger partial charge in [0.25, 0.3) is 0 Å². The summed E-state index contributed by atoms with van der Waals surface area (Å²) in [6, 6.07) is -0.221. The van der Waals surface area contributed by atoms with E-state index in [0.717, 1.165) is 32.2 Å². The van der Waals surface area contributed by atoms with Gasteiger partial charge in [-0.2, -0.15) is 0 Å². The van der Waals surface area contributed by atoms with Gasteiger partial charge in [-0.1, -0.05) is 26.7 Å². The lowest BCUT2D eigenvalue weighted by atomic mass is 9.71. The standard InChI is InChI=1S/C16H26N2O2/c1-11-14(19)17-10-6-7-12(17)15(20)18(11)13-8-4-5-9-16(13,2)3/h11-13H,4-10H2,1-3H3. The highest BCUT2D eigenvalue weighted by atomic mass is 16.2. The molecule has 2 saturated heterocycles. The average molecular weight is 278 g/mol. The number of carbonyl (C=O) groups excluding carboxylic acids is 2. The minimum absolute atomic E-state index is 0.128. The summed E-state index contributed by atoms with van der Waals surface area (Å²) in [6.07, 6.45) is 6.42. The van der Waals surface area contributed by atoms with E-state index in [0.29, 0.717) is 0 Å². The van der Waals surface area contributed by atoms with Crippen molar-refractivity contribution in [2.45, 2.75) is 77.4 Å². The zero-order valence-corrected chi connectivity index (χ0v) is 12.9. The van der Waals surface area contributed by atoms with Gasteiger partial charge in [0.05, 0.1) is 0 Å². The molecular formula is C16H26N2O2. The van der Waals surface area contributed by atoms with Crippen LogP contribution in [0.3, 0.4) is 0 Å². The zero-order chi connectivity index (χ0) is 14.5. The molecule has 112 valence electrons.